The molecule has 1 aromatic carbocycles. The maximum atomic E-state index is 9.62. The summed E-state index contributed by atoms with van der Waals surface area (Å²) < 4.78 is 5.57. The van der Waals surface area contributed by atoms with Gasteiger partial charge in [-0.1, -0.05) is 11.8 Å². The molecule has 5 nitrogen and oxygen atoms in total. The van der Waals surface area contributed by atoms with E-state index < -0.39 is 0 Å². The van der Waals surface area contributed by atoms with Crippen LogP contribution in [0.5, 0.6) is 11.5 Å². The van der Waals surface area contributed by atoms with Gasteiger partial charge in [-0.25, -0.2) is 0 Å². The number of hydrogen-bond donors (Lipinski definition) is 3. The monoisotopic (exact) mass is 318 g/mol. The molecule has 0 saturated heterocycles. The minimum Gasteiger partial charge on any atom is -0.503 e. The molecule has 0 bridgehead atoms. The van der Waals surface area contributed by atoms with E-state index in [1.165, 1.54) is 18.9 Å². The minimum atomic E-state index is 0.0665. The van der Waals surface area contributed by atoms with Gasteiger partial charge in [0.15, 0.2) is 11.5 Å². The summed E-state index contributed by atoms with van der Waals surface area (Å²) in [6, 6.07) is 3.41. The van der Waals surface area contributed by atoms with Gasteiger partial charge in [0.25, 0.3) is 0 Å². The molecule has 0 unspecified atom stereocenters. The lowest BCUT2D eigenvalue weighted by Gasteiger charge is -2.04. The fraction of sp³-hybridized carbons (Fsp3) is 0.200. The molecule has 1 rings (SSSR count). The molecule has 0 aromatic heterocycles. The van der Waals surface area contributed by atoms with Crippen LogP contribution in [0.3, 0.4) is 0 Å². The Morgan fingerprint density at radius 2 is 2.35 bits per heavy atom. The van der Waals surface area contributed by atoms with Crippen LogP contribution in [-0.4, -0.2) is 29.9 Å². The number of ether oxygens (including phenoxy) is 1. The number of methoxy groups -OCH3 is 1. The van der Waals surface area contributed by atoms with Gasteiger partial charge in [0.05, 0.1) is 11.6 Å². The summed E-state index contributed by atoms with van der Waals surface area (Å²) >= 11 is 4.57. The highest BCUT2D eigenvalue weighted by Crippen LogP contribution is 2.34. The van der Waals surface area contributed by atoms with E-state index >= 15 is 0 Å². The normalized spacial score (nSPS) is 12.1. The second kappa shape index (κ2) is 6.51. The Labute approximate surface area is 112 Å². The standard InChI is InChI=1S/C10H12BrN3O2S/c1-16-8-4-6(3-7(11)9(8)15)5-13-14-10(12)17-2/h3-5,15H,1-2H3,(H2,12,14)/p+1/b13-5+. The van der Waals surface area contributed by atoms with E-state index in [1.807, 2.05) is 6.26 Å². The zero-order valence-corrected chi connectivity index (χ0v) is 11.8. The van der Waals surface area contributed by atoms with Gasteiger partial charge in [-0.2, -0.15) is 0 Å². The molecule has 92 valence electrons. The van der Waals surface area contributed by atoms with Crippen molar-refractivity contribution in [3.63, 3.8) is 0 Å². The number of benzene rings is 1. The predicted molar refractivity (Wildman–Crippen MR) is 73.6 cm³/mol. The summed E-state index contributed by atoms with van der Waals surface area (Å²) in [6.45, 7) is 0. The van der Waals surface area contributed by atoms with Gasteiger partial charge in [0.2, 0.25) is 11.4 Å². The SMILES string of the molecule is COc1cc(/C=[NH+]/N=C(N)SC)cc(Br)c1O. The number of nitrogens with two attached hydrogens (primary N) is 1. The first kappa shape index (κ1) is 13.9. The first-order valence-corrected chi connectivity index (χ1v) is 6.62. The number of halogens is 1. The highest BCUT2D eigenvalue weighted by molar-refractivity contribution is 9.10. The van der Waals surface area contributed by atoms with Gasteiger partial charge in [0, 0.05) is 10.7 Å². The van der Waals surface area contributed by atoms with Crippen LogP contribution in [-0.2, 0) is 0 Å². The number of nitrogens with one attached hydrogen (secondary N) is 1. The fourth-order valence-corrected chi connectivity index (χ4v) is 1.65. The van der Waals surface area contributed by atoms with Crippen molar-refractivity contribution < 1.29 is 14.9 Å². The third kappa shape index (κ3) is 3.94. The number of thioether (sulfide) groups is 1. The van der Waals surface area contributed by atoms with Crippen LogP contribution in [0.25, 0.3) is 0 Å². The number of rotatable bonds is 3. The first-order valence-electron chi connectivity index (χ1n) is 4.61. The van der Waals surface area contributed by atoms with Crippen LogP contribution >= 0.6 is 27.7 Å². The van der Waals surface area contributed by atoms with Crippen LogP contribution < -0.4 is 15.6 Å². The smallest absolute Gasteiger partial charge is 0.225 e. The van der Waals surface area contributed by atoms with Gasteiger partial charge in [-0.05, 0) is 34.3 Å². The molecular weight excluding hydrogens is 306 g/mol. The lowest BCUT2D eigenvalue weighted by Crippen LogP contribution is -2.62. The van der Waals surface area contributed by atoms with Gasteiger partial charge in [-0.3, -0.25) is 0 Å². The molecule has 0 aliphatic rings. The van der Waals surface area contributed by atoms with Crippen molar-refractivity contribution in [3.05, 3.63) is 22.2 Å². The maximum absolute atomic E-state index is 9.62. The van der Waals surface area contributed by atoms with Crippen LogP contribution in [0.15, 0.2) is 21.7 Å². The zero-order chi connectivity index (χ0) is 12.8. The van der Waals surface area contributed by atoms with E-state index in [-0.39, 0.29) is 5.75 Å². The minimum absolute atomic E-state index is 0.0665. The van der Waals surface area contributed by atoms with E-state index in [1.54, 1.807) is 18.3 Å². The van der Waals surface area contributed by atoms with Crippen molar-refractivity contribution in [3.8, 4) is 11.5 Å². The molecule has 0 fully saturated rings. The molecule has 4 N–H and O–H groups in total. The maximum Gasteiger partial charge on any atom is 0.225 e. The Morgan fingerprint density at radius 1 is 1.65 bits per heavy atom. The molecule has 0 aliphatic carbocycles. The molecule has 0 radical (unpaired) electrons. The van der Waals surface area contributed by atoms with Crippen molar-refractivity contribution in [2.75, 3.05) is 13.4 Å². The van der Waals surface area contributed by atoms with E-state index in [4.69, 9.17) is 10.5 Å². The van der Waals surface area contributed by atoms with E-state index in [9.17, 15) is 5.11 Å². The average molecular weight is 319 g/mol. The molecule has 0 heterocycles. The molecule has 0 spiro atoms. The van der Waals surface area contributed by atoms with Crippen LogP contribution in [0.4, 0.5) is 0 Å². The molecular formula is C10H13BrN3O2S+. The Bertz CT molecular complexity index is 463. The Hall–Kier alpha value is -1.21. The summed E-state index contributed by atoms with van der Waals surface area (Å²) in [5, 5.41) is 16.6. The van der Waals surface area contributed by atoms with Gasteiger partial charge >= 0.3 is 0 Å². The Balaban J connectivity index is 2.96. The van der Waals surface area contributed by atoms with Crippen LogP contribution in [0.1, 0.15) is 5.56 Å². The lowest BCUT2D eigenvalue weighted by atomic mass is 10.2. The Morgan fingerprint density at radius 3 is 2.94 bits per heavy atom. The number of nitrogens with zero attached hydrogens (tertiary/aromatic N) is 1. The lowest BCUT2D eigenvalue weighted by molar-refractivity contribution is -0.456. The number of hydrazone groups is 1. The quantitative estimate of drug-likeness (QED) is 0.424. The molecule has 0 aliphatic heterocycles. The highest BCUT2D eigenvalue weighted by atomic mass is 79.9. The first-order chi connectivity index (χ1) is 8.08. The summed E-state index contributed by atoms with van der Waals surface area (Å²) in [5.74, 6) is 0.450. The molecule has 0 atom stereocenters. The number of amidine groups is 1. The average Bonchev–Trinajstić information content (AvgIpc) is 2.33. The van der Waals surface area contributed by atoms with E-state index in [2.05, 4.69) is 26.1 Å². The highest BCUT2D eigenvalue weighted by Gasteiger charge is 2.08. The van der Waals surface area contributed by atoms with E-state index in [0.29, 0.717) is 15.4 Å². The molecule has 1 aromatic rings. The van der Waals surface area contributed by atoms with Crippen molar-refractivity contribution in [2.24, 2.45) is 10.8 Å². The van der Waals surface area contributed by atoms with Crippen LogP contribution in [0, 0.1) is 0 Å². The number of hydrogen-bond acceptors (Lipinski definition) is 4. The van der Waals surface area contributed by atoms with Gasteiger partial charge in [0.1, 0.15) is 0 Å². The second-order valence-electron chi connectivity index (χ2n) is 2.98. The third-order valence-corrected chi connectivity index (χ3v) is 3.00. The number of aromatic hydroxyl groups is 1. The summed E-state index contributed by atoms with van der Waals surface area (Å²) in [7, 11) is 1.49. The molecule has 7 heteroatoms. The Kier molecular flexibility index (Phi) is 5.30. The third-order valence-electron chi connectivity index (χ3n) is 1.89. The number of phenols is 1. The topological polar surface area (TPSA) is 81.8 Å². The zero-order valence-electron chi connectivity index (χ0n) is 9.40. The fourth-order valence-electron chi connectivity index (χ4n) is 1.05. The van der Waals surface area contributed by atoms with Gasteiger partial charge < -0.3 is 15.6 Å². The second-order valence-corrected chi connectivity index (χ2v) is 4.66. The van der Waals surface area contributed by atoms with E-state index in [0.717, 1.165) is 5.56 Å². The predicted octanol–water partition coefficient (Wildman–Crippen LogP) is 0.256. The molecule has 0 saturated carbocycles. The summed E-state index contributed by atoms with van der Waals surface area (Å²) in [5.41, 5.74) is 6.30. The number of phenolic OH excluding ortho intramolecular Hbond substituents is 1. The largest absolute Gasteiger partial charge is 0.503 e. The van der Waals surface area contributed by atoms with Crippen LogP contribution in [0.2, 0.25) is 0 Å². The van der Waals surface area contributed by atoms with Crippen molar-refractivity contribution in [2.45, 2.75) is 0 Å². The molecule has 17 heavy (non-hydrogen) atoms. The molecule has 0 amide bonds. The van der Waals surface area contributed by atoms with Crippen molar-refractivity contribution >= 4 is 39.1 Å². The van der Waals surface area contributed by atoms with Gasteiger partial charge in [-0.15, -0.1) is 5.10 Å². The van der Waals surface area contributed by atoms with Crippen molar-refractivity contribution in [1.82, 2.24) is 0 Å². The van der Waals surface area contributed by atoms with Crippen molar-refractivity contribution in [1.29, 1.82) is 0 Å². The summed E-state index contributed by atoms with van der Waals surface area (Å²) in [6.07, 6.45) is 3.48. The summed E-state index contributed by atoms with van der Waals surface area (Å²) in [4.78, 5) is 0.